The van der Waals surface area contributed by atoms with Crippen molar-refractivity contribution in [3.8, 4) is 0 Å². The van der Waals surface area contributed by atoms with E-state index in [-0.39, 0.29) is 35.5 Å². The van der Waals surface area contributed by atoms with Crippen LogP contribution in [-0.2, 0) is 9.59 Å². The van der Waals surface area contributed by atoms with Crippen LogP contribution in [0.15, 0.2) is 17.1 Å². The van der Waals surface area contributed by atoms with Crippen LogP contribution >= 0.6 is 0 Å². The third-order valence-corrected chi connectivity index (χ3v) is 7.31. The number of nitrogens with zero attached hydrogens (tertiary/aromatic N) is 4. The number of carbonyl (C=O) groups excluding carboxylic acids is 2. The Kier molecular flexibility index (Phi) is 4.63. The molecule has 0 aromatic rings. The summed E-state index contributed by atoms with van der Waals surface area (Å²) < 4.78 is 0. The van der Waals surface area contributed by atoms with Gasteiger partial charge in [-0.05, 0) is 18.3 Å². The highest BCUT2D eigenvalue weighted by atomic mass is 16.2. The second-order valence-electron chi connectivity index (χ2n) is 8.70. The molecule has 8 heteroatoms. The number of imide groups is 1. The van der Waals surface area contributed by atoms with Crippen molar-refractivity contribution < 1.29 is 9.59 Å². The molecule has 4 aliphatic heterocycles. The fourth-order valence-electron chi connectivity index (χ4n) is 5.82. The number of fused-ring (bicyclic) bond motifs is 8. The fraction of sp³-hybridized carbons (Fsp3) is 0.750. The number of allylic oxidation sites excluding steroid dienone is 2. The molecular formula is C20H30N6O2. The lowest BCUT2D eigenvalue weighted by Crippen LogP contribution is -2.63. The zero-order valence-electron chi connectivity index (χ0n) is 16.5. The van der Waals surface area contributed by atoms with Crippen LogP contribution in [0.5, 0.6) is 0 Å². The molecule has 5 fully saturated rings. The van der Waals surface area contributed by atoms with Gasteiger partial charge in [0.1, 0.15) is 0 Å². The maximum absolute atomic E-state index is 12.7. The number of aliphatic imine (C=N–C) groups is 1. The molecule has 0 aromatic carbocycles. The van der Waals surface area contributed by atoms with Gasteiger partial charge in [-0.3, -0.25) is 29.3 Å². The van der Waals surface area contributed by atoms with Gasteiger partial charge in [0.15, 0.2) is 5.96 Å². The Hall–Kier alpha value is -1.93. The van der Waals surface area contributed by atoms with E-state index in [2.05, 4.69) is 37.6 Å². The van der Waals surface area contributed by atoms with Crippen molar-refractivity contribution in [3.05, 3.63) is 12.2 Å². The lowest BCUT2D eigenvalue weighted by Gasteiger charge is -2.47. The Bertz CT molecular complexity index is 683. The lowest BCUT2D eigenvalue weighted by atomic mass is 9.85. The van der Waals surface area contributed by atoms with Crippen LogP contribution in [0.25, 0.3) is 0 Å². The Labute approximate surface area is 166 Å². The first-order valence-electron chi connectivity index (χ1n) is 10.6. The van der Waals surface area contributed by atoms with Crippen LogP contribution in [0.2, 0.25) is 0 Å². The molecule has 1 saturated carbocycles. The maximum Gasteiger partial charge on any atom is 0.233 e. The van der Waals surface area contributed by atoms with E-state index in [9.17, 15) is 9.59 Å². The molecule has 0 aromatic heterocycles. The van der Waals surface area contributed by atoms with E-state index in [1.54, 1.807) is 7.05 Å². The molecule has 4 saturated heterocycles. The highest BCUT2D eigenvalue weighted by Gasteiger charge is 2.58. The molecular weight excluding hydrogens is 356 g/mol. The molecule has 6 aliphatic rings. The van der Waals surface area contributed by atoms with Crippen molar-refractivity contribution in [3.63, 3.8) is 0 Å². The van der Waals surface area contributed by atoms with Crippen molar-refractivity contribution in [2.75, 3.05) is 59.4 Å². The van der Waals surface area contributed by atoms with E-state index >= 15 is 0 Å². The first-order valence-corrected chi connectivity index (χ1v) is 10.6. The highest BCUT2D eigenvalue weighted by molar-refractivity contribution is 6.06. The van der Waals surface area contributed by atoms with E-state index in [1.807, 2.05) is 0 Å². The number of nitrogens with one attached hydrogen (secondary N) is 2. The summed E-state index contributed by atoms with van der Waals surface area (Å²) in [6, 6.07) is 0.519. The van der Waals surface area contributed by atoms with Gasteiger partial charge < -0.3 is 10.6 Å². The summed E-state index contributed by atoms with van der Waals surface area (Å²) in [6.07, 6.45) is 5.25. The Morgan fingerprint density at radius 1 is 1.07 bits per heavy atom. The molecule has 8 nitrogen and oxygen atoms in total. The topological polar surface area (TPSA) is 80.3 Å². The van der Waals surface area contributed by atoms with Crippen LogP contribution in [0.1, 0.15) is 6.42 Å². The van der Waals surface area contributed by atoms with Crippen LogP contribution < -0.4 is 10.6 Å². The highest BCUT2D eigenvalue weighted by Crippen LogP contribution is 2.52. The summed E-state index contributed by atoms with van der Waals surface area (Å²) in [6.45, 7) is 7.57. The van der Waals surface area contributed by atoms with Gasteiger partial charge in [0, 0.05) is 65.4 Å². The van der Waals surface area contributed by atoms with E-state index in [0.717, 1.165) is 38.6 Å². The standard InChI is InChI=1S/C20H30N6O2/c1-21-20(23-11-15-12-24-6-8-25(15)9-7-24)22-4-5-26-18(27)16-13-2-3-14(10-13)17(16)19(26)28/h2-3,13-17H,4-12H2,1H3,(H2,21,22,23). The average molecular weight is 387 g/mol. The van der Waals surface area contributed by atoms with Crippen LogP contribution in [0, 0.1) is 23.7 Å². The number of hydrogen-bond acceptors (Lipinski definition) is 5. The van der Waals surface area contributed by atoms with Gasteiger partial charge in [-0.1, -0.05) is 12.2 Å². The zero-order chi connectivity index (χ0) is 19.3. The zero-order valence-corrected chi connectivity index (χ0v) is 16.5. The van der Waals surface area contributed by atoms with Gasteiger partial charge in [0.25, 0.3) is 0 Å². The second-order valence-corrected chi connectivity index (χ2v) is 8.70. The quantitative estimate of drug-likeness (QED) is 0.272. The molecule has 5 unspecified atom stereocenters. The molecule has 28 heavy (non-hydrogen) atoms. The van der Waals surface area contributed by atoms with Crippen molar-refractivity contribution in [1.82, 2.24) is 25.3 Å². The average Bonchev–Trinajstić information content (AvgIpc) is 3.41. The van der Waals surface area contributed by atoms with Gasteiger partial charge in [0.2, 0.25) is 11.8 Å². The van der Waals surface area contributed by atoms with Crippen LogP contribution in [0.3, 0.4) is 0 Å². The number of hydrogen-bond donors (Lipinski definition) is 2. The number of guanidine groups is 1. The predicted octanol–water partition coefficient (Wildman–Crippen LogP) is -1.04. The summed E-state index contributed by atoms with van der Waals surface area (Å²) in [5, 5.41) is 6.68. The number of carbonyl (C=O) groups is 2. The smallest absolute Gasteiger partial charge is 0.233 e. The molecule has 2 N–H and O–H groups in total. The minimum atomic E-state index is -0.106. The molecule has 5 atom stereocenters. The molecule has 4 heterocycles. The van der Waals surface area contributed by atoms with E-state index in [1.165, 1.54) is 18.0 Å². The van der Waals surface area contributed by atoms with E-state index < -0.39 is 0 Å². The van der Waals surface area contributed by atoms with Gasteiger partial charge in [-0.25, -0.2) is 0 Å². The van der Waals surface area contributed by atoms with Crippen LogP contribution in [0.4, 0.5) is 0 Å². The monoisotopic (exact) mass is 386 g/mol. The minimum Gasteiger partial charge on any atom is -0.355 e. The number of likely N-dealkylation sites (tertiary alicyclic amines) is 1. The van der Waals surface area contributed by atoms with Gasteiger partial charge >= 0.3 is 0 Å². The summed E-state index contributed by atoms with van der Waals surface area (Å²) in [7, 11) is 1.76. The Morgan fingerprint density at radius 3 is 2.32 bits per heavy atom. The third-order valence-electron chi connectivity index (χ3n) is 7.31. The van der Waals surface area contributed by atoms with E-state index in [4.69, 9.17) is 0 Å². The molecule has 6 rings (SSSR count). The van der Waals surface area contributed by atoms with Gasteiger partial charge in [-0.15, -0.1) is 0 Å². The van der Waals surface area contributed by atoms with Gasteiger partial charge in [0.05, 0.1) is 11.8 Å². The molecule has 4 bridgehead atoms. The van der Waals surface area contributed by atoms with Crippen molar-refractivity contribution >= 4 is 17.8 Å². The maximum atomic E-state index is 12.7. The summed E-state index contributed by atoms with van der Waals surface area (Å²) in [5.74, 6) is 1.12. The van der Waals surface area contributed by atoms with Crippen LogP contribution in [-0.4, -0.2) is 97.9 Å². The number of rotatable bonds is 5. The Morgan fingerprint density at radius 2 is 1.75 bits per heavy atom. The van der Waals surface area contributed by atoms with Crippen molar-refractivity contribution in [2.45, 2.75) is 12.5 Å². The molecule has 0 radical (unpaired) electrons. The molecule has 2 amide bonds. The van der Waals surface area contributed by atoms with Gasteiger partial charge in [-0.2, -0.15) is 0 Å². The van der Waals surface area contributed by atoms with E-state index in [0.29, 0.717) is 19.1 Å². The molecule has 0 spiro atoms. The van der Waals surface area contributed by atoms with Crippen molar-refractivity contribution in [1.29, 1.82) is 0 Å². The molecule has 152 valence electrons. The Balaban J connectivity index is 1.10. The summed E-state index contributed by atoms with van der Waals surface area (Å²) >= 11 is 0. The lowest BCUT2D eigenvalue weighted by molar-refractivity contribution is -0.140. The second kappa shape index (κ2) is 7.15. The minimum absolute atomic E-state index is 0.0247. The summed E-state index contributed by atoms with van der Waals surface area (Å²) in [5.41, 5.74) is 0. The number of piperazine rings is 3. The first kappa shape index (κ1) is 18.1. The first-order chi connectivity index (χ1) is 13.7. The SMILES string of the molecule is CN=C(NCCN1C(=O)C2C3C=CC(C3)C2C1=O)NCC1CN2CCN1CC2. The predicted molar refractivity (Wildman–Crippen MR) is 106 cm³/mol. The number of amides is 2. The van der Waals surface area contributed by atoms with Crippen molar-refractivity contribution in [2.24, 2.45) is 28.7 Å². The summed E-state index contributed by atoms with van der Waals surface area (Å²) in [4.78, 5) is 36.3. The normalized spacial score (nSPS) is 41.1. The third kappa shape index (κ3) is 2.93. The molecule has 2 aliphatic carbocycles. The largest absolute Gasteiger partial charge is 0.355 e. The fourth-order valence-corrected chi connectivity index (χ4v) is 5.82.